The standard InChI is InChI=1S/C14H21N5OS/c1-9-6-12(20)19-13(16-9)21-11(17-19)7-18-5-4-10(15)14(2,3)8-18/h6,10H,4-5,7-8,15H2,1-3H3. The second-order valence-corrected chi connectivity index (χ2v) is 7.56. The van der Waals surface area contributed by atoms with E-state index in [-0.39, 0.29) is 17.0 Å². The second kappa shape index (κ2) is 5.15. The predicted octanol–water partition coefficient (Wildman–Crippen LogP) is 1.02. The Bertz CT molecular complexity index is 720. The van der Waals surface area contributed by atoms with Crippen LogP contribution < -0.4 is 11.3 Å². The van der Waals surface area contributed by atoms with E-state index in [1.807, 2.05) is 6.92 Å². The molecule has 1 unspecified atom stereocenters. The van der Waals surface area contributed by atoms with Gasteiger partial charge in [0, 0.05) is 30.9 Å². The summed E-state index contributed by atoms with van der Waals surface area (Å²) in [5, 5.41) is 5.33. The summed E-state index contributed by atoms with van der Waals surface area (Å²) in [6.07, 6.45) is 0.995. The first-order valence-electron chi connectivity index (χ1n) is 7.19. The van der Waals surface area contributed by atoms with Crippen LogP contribution in [0, 0.1) is 12.3 Å². The van der Waals surface area contributed by atoms with Gasteiger partial charge in [-0.25, -0.2) is 4.98 Å². The highest BCUT2D eigenvalue weighted by Crippen LogP contribution is 2.28. The number of likely N-dealkylation sites (tertiary alicyclic amines) is 1. The Balaban J connectivity index is 1.83. The number of rotatable bonds is 2. The molecule has 2 aromatic heterocycles. The van der Waals surface area contributed by atoms with Crippen LogP contribution in [0.4, 0.5) is 0 Å². The van der Waals surface area contributed by atoms with Gasteiger partial charge < -0.3 is 5.73 Å². The Labute approximate surface area is 127 Å². The SMILES string of the molecule is Cc1cc(=O)n2nc(CN3CCC(N)C(C)(C)C3)sc2n1. The van der Waals surface area contributed by atoms with Crippen molar-refractivity contribution in [1.29, 1.82) is 0 Å². The smallest absolute Gasteiger partial charge is 0.275 e. The molecule has 0 spiro atoms. The summed E-state index contributed by atoms with van der Waals surface area (Å²) < 4.78 is 1.40. The predicted molar refractivity (Wildman–Crippen MR) is 83.5 cm³/mol. The van der Waals surface area contributed by atoms with Crippen LogP contribution in [-0.4, -0.2) is 38.6 Å². The van der Waals surface area contributed by atoms with E-state index in [0.717, 1.165) is 36.8 Å². The number of hydrogen-bond donors (Lipinski definition) is 1. The van der Waals surface area contributed by atoms with Crippen molar-refractivity contribution < 1.29 is 0 Å². The normalized spacial score (nSPS) is 22.8. The zero-order chi connectivity index (χ0) is 15.2. The number of aryl methyl sites for hydroxylation is 1. The van der Waals surface area contributed by atoms with Crippen molar-refractivity contribution in [2.75, 3.05) is 13.1 Å². The Morgan fingerprint density at radius 3 is 3.00 bits per heavy atom. The molecule has 0 amide bonds. The first-order chi connectivity index (χ1) is 9.85. The van der Waals surface area contributed by atoms with Crippen LogP contribution in [0.25, 0.3) is 4.96 Å². The molecule has 2 N–H and O–H groups in total. The van der Waals surface area contributed by atoms with Crippen molar-refractivity contribution in [3.05, 3.63) is 27.1 Å². The van der Waals surface area contributed by atoms with Crippen LogP contribution in [0.1, 0.15) is 31.0 Å². The molecule has 1 aliphatic heterocycles. The van der Waals surface area contributed by atoms with Gasteiger partial charge in [0.2, 0.25) is 4.96 Å². The molecule has 114 valence electrons. The highest BCUT2D eigenvalue weighted by molar-refractivity contribution is 7.16. The molecule has 2 aromatic rings. The number of nitrogens with two attached hydrogens (primary N) is 1. The lowest BCUT2D eigenvalue weighted by atomic mass is 9.80. The molecule has 3 rings (SSSR count). The maximum atomic E-state index is 11.9. The van der Waals surface area contributed by atoms with Crippen molar-refractivity contribution >= 4 is 16.3 Å². The monoisotopic (exact) mass is 307 g/mol. The van der Waals surface area contributed by atoms with E-state index in [2.05, 4.69) is 28.8 Å². The lowest BCUT2D eigenvalue weighted by Crippen LogP contribution is -2.52. The Kier molecular flexibility index (Phi) is 3.59. The van der Waals surface area contributed by atoms with Crippen molar-refractivity contribution in [3.63, 3.8) is 0 Å². The summed E-state index contributed by atoms with van der Waals surface area (Å²) in [5.41, 5.74) is 6.91. The minimum absolute atomic E-state index is 0.110. The van der Waals surface area contributed by atoms with Gasteiger partial charge in [-0.1, -0.05) is 25.2 Å². The van der Waals surface area contributed by atoms with E-state index in [0.29, 0.717) is 4.96 Å². The largest absolute Gasteiger partial charge is 0.327 e. The van der Waals surface area contributed by atoms with E-state index in [4.69, 9.17) is 5.73 Å². The van der Waals surface area contributed by atoms with E-state index in [1.165, 1.54) is 21.9 Å². The minimum atomic E-state index is -0.110. The van der Waals surface area contributed by atoms with Gasteiger partial charge >= 0.3 is 0 Å². The summed E-state index contributed by atoms with van der Waals surface area (Å²) in [6, 6.07) is 1.76. The van der Waals surface area contributed by atoms with Gasteiger partial charge in [-0.05, 0) is 18.8 Å². The third-order valence-electron chi connectivity index (χ3n) is 4.17. The average Bonchev–Trinajstić information content (AvgIpc) is 2.76. The number of piperidine rings is 1. The lowest BCUT2D eigenvalue weighted by Gasteiger charge is -2.42. The van der Waals surface area contributed by atoms with Crippen molar-refractivity contribution in [3.8, 4) is 0 Å². The molecule has 1 saturated heterocycles. The van der Waals surface area contributed by atoms with Gasteiger partial charge in [0.15, 0.2) is 0 Å². The second-order valence-electron chi connectivity index (χ2n) is 6.52. The van der Waals surface area contributed by atoms with Crippen LogP contribution in [0.2, 0.25) is 0 Å². The molecular formula is C14H21N5OS. The number of aromatic nitrogens is 3. The van der Waals surface area contributed by atoms with Gasteiger partial charge in [-0.2, -0.15) is 9.61 Å². The molecule has 1 aliphatic rings. The number of fused-ring (bicyclic) bond motifs is 1. The van der Waals surface area contributed by atoms with Crippen LogP contribution >= 0.6 is 11.3 Å². The molecule has 0 aromatic carbocycles. The van der Waals surface area contributed by atoms with Crippen molar-refractivity contribution in [2.24, 2.45) is 11.1 Å². The molecule has 1 atom stereocenters. The Morgan fingerprint density at radius 1 is 1.52 bits per heavy atom. The summed E-state index contributed by atoms with van der Waals surface area (Å²) in [7, 11) is 0. The fourth-order valence-electron chi connectivity index (χ4n) is 2.84. The van der Waals surface area contributed by atoms with E-state index in [1.54, 1.807) is 0 Å². The maximum absolute atomic E-state index is 11.9. The van der Waals surface area contributed by atoms with Gasteiger partial charge in [-0.3, -0.25) is 9.69 Å². The summed E-state index contributed by atoms with van der Waals surface area (Å²) in [6.45, 7) is 8.92. The highest BCUT2D eigenvalue weighted by atomic mass is 32.1. The van der Waals surface area contributed by atoms with Crippen molar-refractivity contribution in [2.45, 2.75) is 39.8 Å². The molecule has 6 nitrogen and oxygen atoms in total. The average molecular weight is 307 g/mol. The molecule has 0 radical (unpaired) electrons. The minimum Gasteiger partial charge on any atom is -0.327 e. The number of nitrogens with zero attached hydrogens (tertiary/aromatic N) is 4. The van der Waals surface area contributed by atoms with Crippen LogP contribution in [0.3, 0.4) is 0 Å². The van der Waals surface area contributed by atoms with Crippen LogP contribution in [0.5, 0.6) is 0 Å². The van der Waals surface area contributed by atoms with Crippen LogP contribution in [-0.2, 0) is 6.54 Å². The van der Waals surface area contributed by atoms with Crippen molar-refractivity contribution in [1.82, 2.24) is 19.5 Å². The zero-order valence-electron chi connectivity index (χ0n) is 12.7. The fourth-order valence-corrected chi connectivity index (χ4v) is 3.82. The first-order valence-corrected chi connectivity index (χ1v) is 8.01. The van der Waals surface area contributed by atoms with Gasteiger partial charge in [-0.15, -0.1) is 0 Å². The lowest BCUT2D eigenvalue weighted by molar-refractivity contribution is 0.0896. The Morgan fingerprint density at radius 2 is 2.29 bits per heavy atom. The fraction of sp³-hybridized carbons (Fsp3) is 0.643. The van der Waals surface area contributed by atoms with E-state index < -0.39 is 0 Å². The quantitative estimate of drug-likeness (QED) is 0.896. The molecule has 1 fully saturated rings. The van der Waals surface area contributed by atoms with Gasteiger partial charge in [0.1, 0.15) is 5.01 Å². The van der Waals surface area contributed by atoms with E-state index in [9.17, 15) is 4.79 Å². The molecule has 21 heavy (non-hydrogen) atoms. The summed E-state index contributed by atoms with van der Waals surface area (Å²) in [5.74, 6) is 0. The van der Waals surface area contributed by atoms with Gasteiger partial charge in [0.25, 0.3) is 5.56 Å². The topological polar surface area (TPSA) is 76.5 Å². The summed E-state index contributed by atoms with van der Waals surface area (Å²) >= 11 is 1.49. The zero-order valence-corrected chi connectivity index (χ0v) is 13.5. The van der Waals surface area contributed by atoms with E-state index >= 15 is 0 Å². The number of hydrogen-bond acceptors (Lipinski definition) is 6. The molecule has 7 heteroatoms. The molecule has 0 saturated carbocycles. The molecule has 3 heterocycles. The third kappa shape index (κ3) is 2.86. The third-order valence-corrected chi connectivity index (χ3v) is 5.06. The highest BCUT2D eigenvalue weighted by Gasteiger charge is 2.33. The molecule has 0 aliphatic carbocycles. The Hall–Kier alpha value is -1.31. The van der Waals surface area contributed by atoms with Crippen LogP contribution in [0.15, 0.2) is 10.9 Å². The molecule has 0 bridgehead atoms. The molecular weight excluding hydrogens is 286 g/mol. The van der Waals surface area contributed by atoms with Gasteiger partial charge in [0.05, 0.1) is 6.54 Å². The maximum Gasteiger partial charge on any atom is 0.275 e. The summed E-state index contributed by atoms with van der Waals surface area (Å²) in [4.78, 5) is 19.3. The first kappa shape index (κ1) is 14.6.